The van der Waals surface area contributed by atoms with Crippen LogP contribution in [0.2, 0.25) is 0 Å². The van der Waals surface area contributed by atoms with Crippen molar-refractivity contribution in [3.8, 4) is 11.5 Å². The molecule has 2 rings (SSSR count). The Morgan fingerprint density at radius 3 is 2.48 bits per heavy atom. The zero-order valence-corrected chi connectivity index (χ0v) is 14.0. The molecular weight excluding hydrogens is 312 g/mol. The Labute approximate surface area is 140 Å². The van der Waals surface area contributed by atoms with Crippen molar-refractivity contribution >= 4 is 28.9 Å². The molecule has 0 saturated heterocycles. The Morgan fingerprint density at radius 1 is 1.09 bits per heavy atom. The Balaban J connectivity index is 2.11. The van der Waals surface area contributed by atoms with Gasteiger partial charge in [0.25, 0.3) is 5.91 Å². The SMILES string of the molecule is COc1ccc(OC)c(NC(=S)NC(=O)c2ccccc2C)c1. The minimum atomic E-state index is -0.262. The summed E-state index contributed by atoms with van der Waals surface area (Å²) >= 11 is 5.20. The number of nitrogens with one attached hydrogen (secondary N) is 2. The van der Waals surface area contributed by atoms with Gasteiger partial charge in [0.1, 0.15) is 11.5 Å². The van der Waals surface area contributed by atoms with Crippen LogP contribution in [0.15, 0.2) is 42.5 Å². The number of anilines is 1. The van der Waals surface area contributed by atoms with E-state index < -0.39 is 0 Å². The normalized spacial score (nSPS) is 9.87. The number of ether oxygens (including phenoxy) is 2. The van der Waals surface area contributed by atoms with Crippen molar-refractivity contribution in [1.82, 2.24) is 5.32 Å². The van der Waals surface area contributed by atoms with Crippen LogP contribution in [-0.4, -0.2) is 25.2 Å². The molecule has 0 heterocycles. The standard InChI is InChI=1S/C17H18N2O3S/c1-11-6-4-5-7-13(11)16(20)19-17(23)18-14-10-12(21-2)8-9-15(14)22-3/h4-10H,1-3H3,(H2,18,19,20,23). The van der Waals surface area contributed by atoms with Gasteiger partial charge in [0.05, 0.1) is 19.9 Å². The number of hydrogen-bond donors (Lipinski definition) is 2. The highest BCUT2D eigenvalue weighted by Gasteiger charge is 2.12. The highest BCUT2D eigenvalue weighted by molar-refractivity contribution is 7.80. The maximum absolute atomic E-state index is 12.2. The average molecular weight is 330 g/mol. The van der Waals surface area contributed by atoms with Crippen LogP contribution < -0.4 is 20.1 Å². The predicted octanol–water partition coefficient (Wildman–Crippen LogP) is 3.14. The van der Waals surface area contributed by atoms with Gasteiger partial charge in [-0.2, -0.15) is 0 Å². The van der Waals surface area contributed by atoms with E-state index in [0.29, 0.717) is 22.7 Å². The van der Waals surface area contributed by atoms with Crippen molar-refractivity contribution in [3.63, 3.8) is 0 Å². The quantitative estimate of drug-likeness (QED) is 0.844. The van der Waals surface area contributed by atoms with E-state index in [1.165, 1.54) is 0 Å². The fraction of sp³-hybridized carbons (Fsp3) is 0.176. The zero-order valence-electron chi connectivity index (χ0n) is 13.2. The smallest absolute Gasteiger partial charge is 0.257 e. The average Bonchev–Trinajstić information content (AvgIpc) is 2.54. The molecule has 2 aromatic carbocycles. The lowest BCUT2D eigenvalue weighted by molar-refractivity contribution is 0.0977. The molecule has 0 fully saturated rings. The van der Waals surface area contributed by atoms with Crippen molar-refractivity contribution in [2.24, 2.45) is 0 Å². The van der Waals surface area contributed by atoms with Gasteiger partial charge in [-0.25, -0.2) is 0 Å². The van der Waals surface area contributed by atoms with Crippen molar-refractivity contribution in [3.05, 3.63) is 53.6 Å². The molecule has 2 aromatic rings. The van der Waals surface area contributed by atoms with Crippen molar-refractivity contribution < 1.29 is 14.3 Å². The van der Waals surface area contributed by atoms with Crippen molar-refractivity contribution in [2.75, 3.05) is 19.5 Å². The van der Waals surface area contributed by atoms with Crippen LogP contribution in [0.5, 0.6) is 11.5 Å². The van der Waals surface area contributed by atoms with Crippen LogP contribution in [0.4, 0.5) is 5.69 Å². The second-order valence-corrected chi connectivity index (χ2v) is 5.20. The second-order valence-electron chi connectivity index (χ2n) is 4.79. The first-order chi connectivity index (χ1) is 11.0. The number of thiocarbonyl (C=S) groups is 1. The first-order valence-corrected chi connectivity index (χ1v) is 7.36. The molecule has 0 aliphatic carbocycles. The van der Waals surface area contributed by atoms with Gasteiger partial charge in [-0.05, 0) is 42.9 Å². The summed E-state index contributed by atoms with van der Waals surface area (Å²) in [5.41, 5.74) is 2.07. The molecule has 0 unspecified atom stereocenters. The van der Waals surface area contributed by atoms with E-state index >= 15 is 0 Å². The summed E-state index contributed by atoms with van der Waals surface area (Å²) in [7, 11) is 3.13. The summed E-state index contributed by atoms with van der Waals surface area (Å²) in [5, 5.41) is 5.80. The number of methoxy groups -OCH3 is 2. The van der Waals surface area contributed by atoms with E-state index in [1.807, 2.05) is 25.1 Å². The summed E-state index contributed by atoms with van der Waals surface area (Å²) < 4.78 is 10.4. The number of rotatable bonds is 4. The molecule has 0 atom stereocenters. The number of amides is 1. The summed E-state index contributed by atoms with van der Waals surface area (Å²) in [6.45, 7) is 1.87. The summed E-state index contributed by atoms with van der Waals surface area (Å²) in [4.78, 5) is 12.2. The van der Waals surface area contributed by atoms with Crippen molar-refractivity contribution in [2.45, 2.75) is 6.92 Å². The molecule has 1 amide bonds. The van der Waals surface area contributed by atoms with Gasteiger partial charge < -0.3 is 14.8 Å². The first kappa shape index (κ1) is 16.8. The van der Waals surface area contributed by atoms with Gasteiger partial charge in [-0.1, -0.05) is 18.2 Å². The number of benzene rings is 2. The summed E-state index contributed by atoms with van der Waals surface area (Å²) in [6, 6.07) is 12.6. The van der Waals surface area contributed by atoms with E-state index in [9.17, 15) is 4.79 Å². The molecule has 2 N–H and O–H groups in total. The van der Waals surface area contributed by atoms with Crippen LogP contribution in [0.25, 0.3) is 0 Å². The van der Waals surface area contributed by atoms with Crippen molar-refractivity contribution in [1.29, 1.82) is 0 Å². The van der Waals surface area contributed by atoms with Gasteiger partial charge in [-0.3, -0.25) is 10.1 Å². The zero-order chi connectivity index (χ0) is 16.8. The summed E-state index contributed by atoms with van der Waals surface area (Å²) in [5.74, 6) is 0.988. The molecule has 0 radical (unpaired) electrons. The molecule has 23 heavy (non-hydrogen) atoms. The fourth-order valence-electron chi connectivity index (χ4n) is 2.06. The van der Waals surface area contributed by atoms with Gasteiger partial charge in [0.2, 0.25) is 0 Å². The molecule has 0 aliphatic rings. The third kappa shape index (κ3) is 4.20. The Morgan fingerprint density at radius 2 is 1.83 bits per heavy atom. The van der Waals surface area contributed by atoms with Crippen LogP contribution in [0.1, 0.15) is 15.9 Å². The maximum atomic E-state index is 12.2. The lowest BCUT2D eigenvalue weighted by Gasteiger charge is -2.14. The molecule has 0 spiro atoms. The lowest BCUT2D eigenvalue weighted by Crippen LogP contribution is -2.34. The highest BCUT2D eigenvalue weighted by Crippen LogP contribution is 2.28. The van der Waals surface area contributed by atoms with Gasteiger partial charge >= 0.3 is 0 Å². The van der Waals surface area contributed by atoms with Crippen LogP contribution in [0.3, 0.4) is 0 Å². The Bertz CT molecular complexity index is 732. The minimum absolute atomic E-state index is 0.185. The Kier molecular flexibility index (Phi) is 5.54. The summed E-state index contributed by atoms with van der Waals surface area (Å²) in [6.07, 6.45) is 0. The van der Waals surface area contributed by atoms with E-state index in [1.54, 1.807) is 38.5 Å². The van der Waals surface area contributed by atoms with Crippen LogP contribution in [0, 0.1) is 6.92 Å². The first-order valence-electron chi connectivity index (χ1n) is 6.95. The number of carbonyl (C=O) groups is 1. The highest BCUT2D eigenvalue weighted by atomic mass is 32.1. The topological polar surface area (TPSA) is 59.6 Å². The number of hydrogen-bond acceptors (Lipinski definition) is 4. The molecule has 0 aromatic heterocycles. The lowest BCUT2D eigenvalue weighted by atomic mass is 10.1. The molecular formula is C17H18N2O3S. The third-order valence-corrected chi connectivity index (χ3v) is 3.48. The predicted molar refractivity (Wildman–Crippen MR) is 94.4 cm³/mol. The number of carbonyl (C=O) groups excluding carboxylic acids is 1. The largest absolute Gasteiger partial charge is 0.497 e. The fourth-order valence-corrected chi connectivity index (χ4v) is 2.27. The Hall–Kier alpha value is -2.60. The van der Waals surface area contributed by atoms with E-state index in [0.717, 1.165) is 5.56 Å². The molecule has 120 valence electrons. The third-order valence-electron chi connectivity index (χ3n) is 3.27. The molecule has 0 bridgehead atoms. The van der Waals surface area contributed by atoms with E-state index in [4.69, 9.17) is 21.7 Å². The van der Waals surface area contributed by atoms with E-state index in [-0.39, 0.29) is 11.0 Å². The molecule has 0 aliphatic heterocycles. The monoisotopic (exact) mass is 330 g/mol. The molecule has 0 saturated carbocycles. The molecule has 5 nitrogen and oxygen atoms in total. The number of aryl methyl sites for hydroxylation is 1. The van der Waals surface area contributed by atoms with E-state index in [2.05, 4.69) is 10.6 Å². The minimum Gasteiger partial charge on any atom is -0.497 e. The molecule has 6 heteroatoms. The van der Waals surface area contributed by atoms with Crippen LogP contribution in [-0.2, 0) is 0 Å². The van der Waals surface area contributed by atoms with Gasteiger partial charge in [-0.15, -0.1) is 0 Å². The van der Waals surface area contributed by atoms with Crippen LogP contribution >= 0.6 is 12.2 Å². The second kappa shape index (κ2) is 7.60. The van der Waals surface area contributed by atoms with Gasteiger partial charge in [0, 0.05) is 11.6 Å². The van der Waals surface area contributed by atoms with Gasteiger partial charge in [0.15, 0.2) is 5.11 Å². The maximum Gasteiger partial charge on any atom is 0.257 e.